The van der Waals surface area contributed by atoms with Crippen LogP contribution in [0.25, 0.3) is 0 Å². The van der Waals surface area contributed by atoms with Crippen molar-refractivity contribution in [3.63, 3.8) is 0 Å². The molecule has 0 amide bonds. The van der Waals surface area contributed by atoms with E-state index in [4.69, 9.17) is 5.73 Å². The second-order valence-electron chi connectivity index (χ2n) is 2.04. The van der Waals surface area contributed by atoms with E-state index in [1.807, 2.05) is 11.9 Å². The second-order valence-corrected chi connectivity index (χ2v) is 2.04. The Hall–Kier alpha value is -1.10. The first kappa shape index (κ1) is 7.01. The topological polar surface area (TPSA) is 70.8 Å². The fraction of sp³-hybridized carbons (Fsp3) is 0.600. The van der Waals surface area contributed by atoms with Crippen molar-refractivity contribution in [2.45, 2.75) is 0 Å². The summed E-state index contributed by atoms with van der Waals surface area (Å²) >= 11 is 0. The average Bonchev–Trinajstić information content (AvgIpc) is 2.38. The lowest BCUT2D eigenvalue weighted by Gasteiger charge is -2.12. The molecule has 0 atom stereocenters. The number of nitrogens with two attached hydrogens (primary N) is 1. The van der Waals surface area contributed by atoms with Crippen LogP contribution in [-0.4, -0.2) is 35.5 Å². The largest absolute Gasteiger partial charge is 0.356 e. The van der Waals surface area contributed by atoms with Crippen LogP contribution in [0.5, 0.6) is 0 Å². The van der Waals surface area contributed by atoms with Gasteiger partial charge in [0, 0.05) is 20.1 Å². The molecule has 0 aliphatic carbocycles. The summed E-state index contributed by atoms with van der Waals surface area (Å²) in [5, 5.41) is 10.1. The third-order valence-electron chi connectivity index (χ3n) is 1.26. The van der Waals surface area contributed by atoms with E-state index in [9.17, 15) is 0 Å². The van der Waals surface area contributed by atoms with Crippen molar-refractivity contribution in [2.75, 3.05) is 25.0 Å². The Morgan fingerprint density at radius 2 is 2.60 bits per heavy atom. The van der Waals surface area contributed by atoms with Crippen LogP contribution in [0.1, 0.15) is 0 Å². The molecule has 5 heteroatoms. The van der Waals surface area contributed by atoms with E-state index in [2.05, 4.69) is 15.4 Å². The number of anilines is 1. The first-order chi connectivity index (χ1) is 4.84. The zero-order valence-electron chi connectivity index (χ0n) is 5.91. The third kappa shape index (κ3) is 1.44. The molecule has 0 aliphatic rings. The van der Waals surface area contributed by atoms with Crippen molar-refractivity contribution in [1.82, 2.24) is 15.4 Å². The van der Waals surface area contributed by atoms with Gasteiger partial charge in [-0.15, -0.1) is 5.10 Å². The fourth-order valence-corrected chi connectivity index (χ4v) is 0.688. The van der Waals surface area contributed by atoms with Crippen LogP contribution in [0.2, 0.25) is 0 Å². The smallest absolute Gasteiger partial charge is 0.170 e. The van der Waals surface area contributed by atoms with Crippen LogP contribution in [-0.2, 0) is 0 Å². The summed E-state index contributed by atoms with van der Waals surface area (Å²) in [5.74, 6) is 0.824. The Bertz CT molecular complexity index is 170. The van der Waals surface area contributed by atoms with Gasteiger partial charge in [-0.3, -0.25) is 0 Å². The number of likely N-dealkylation sites (N-methyl/N-ethyl adjacent to an activating group) is 1. The maximum atomic E-state index is 5.34. The summed E-state index contributed by atoms with van der Waals surface area (Å²) in [7, 11) is 1.92. The first-order valence-corrected chi connectivity index (χ1v) is 3.11. The summed E-state index contributed by atoms with van der Waals surface area (Å²) in [5.41, 5.74) is 5.34. The summed E-state index contributed by atoms with van der Waals surface area (Å²) in [6, 6.07) is 0. The molecule has 1 rings (SSSR count). The van der Waals surface area contributed by atoms with Crippen molar-refractivity contribution in [2.24, 2.45) is 5.73 Å². The van der Waals surface area contributed by atoms with Crippen LogP contribution in [0.3, 0.4) is 0 Å². The molecule has 1 aromatic heterocycles. The molecule has 5 nitrogen and oxygen atoms in total. The molecule has 0 unspecified atom stereocenters. The first-order valence-electron chi connectivity index (χ1n) is 3.11. The highest BCUT2D eigenvalue weighted by atomic mass is 15.4. The molecule has 56 valence electrons. The van der Waals surface area contributed by atoms with Crippen molar-refractivity contribution in [1.29, 1.82) is 0 Å². The molecule has 0 saturated heterocycles. The second kappa shape index (κ2) is 3.17. The Morgan fingerprint density at radius 1 is 1.80 bits per heavy atom. The van der Waals surface area contributed by atoms with Gasteiger partial charge in [0.05, 0.1) is 6.20 Å². The average molecular weight is 141 g/mol. The minimum absolute atomic E-state index is 0.628. The van der Waals surface area contributed by atoms with Gasteiger partial charge >= 0.3 is 0 Å². The van der Waals surface area contributed by atoms with E-state index >= 15 is 0 Å². The molecule has 0 spiro atoms. The number of aromatic nitrogens is 3. The standard InChI is InChI=1S/C5H11N5/c1-10(3-2-6)5-4-7-9-8-5/h4H,2-3,6H2,1H3,(H,7,8,9). The van der Waals surface area contributed by atoms with Gasteiger partial charge < -0.3 is 10.6 Å². The fourth-order valence-electron chi connectivity index (χ4n) is 0.688. The predicted molar refractivity (Wildman–Crippen MR) is 38.7 cm³/mol. The molecule has 3 N–H and O–H groups in total. The van der Waals surface area contributed by atoms with Gasteiger partial charge in [0.25, 0.3) is 0 Å². The van der Waals surface area contributed by atoms with Gasteiger partial charge in [0.1, 0.15) is 0 Å². The minimum Gasteiger partial charge on any atom is -0.356 e. The lowest BCUT2D eigenvalue weighted by atomic mass is 10.5. The molecule has 1 heterocycles. The lowest BCUT2D eigenvalue weighted by molar-refractivity contribution is 0.855. The summed E-state index contributed by atoms with van der Waals surface area (Å²) in [6.45, 7) is 1.43. The Labute approximate surface area is 59.2 Å². The summed E-state index contributed by atoms with van der Waals surface area (Å²) < 4.78 is 0. The van der Waals surface area contributed by atoms with E-state index < -0.39 is 0 Å². The Balaban J connectivity index is 2.50. The van der Waals surface area contributed by atoms with Gasteiger partial charge in [-0.05, 0) is 0 Å². The van der Waals surface area contributed by atoms with Crippen LogP contribution >= 0.6 is 0 Å². The van der Waals surface area contributed by atoms with Crippen molar-refractivity contribution < 1.29 is 0 Å². The molecular formula is C5H11N5. The number of rotatable bonds is 3. The minimum atomic E-state index is 0.628. The molecule has 0 aromatic carbocycles. The van der Waals surface area contributed by atoms with Crippen LogP contribution < -0.4 is 10.6 Å². The van der Waals surface area contributed by atoms with Gasteiger partial charge in [0.15, 0.2) is 5.82 Å². The highest BCUT2D eigenvalue weighted by Gasteiger charge is 1.99. The number of aromatic amines is 1. The highest BCUT2D eigenvalue weighted by molar-refractivity contribution is 5.32. The zero-order valence-corrected chi connectivity index (χ0v) is 5.91. The van der Waals surface area contributed by atoms with E-state index in [1.165, 1.54) is 0 Å². The molecule has 0 fully saturated rings. The number of nitrogens with one attached hydrogen (secondary N) is 1. The number of hydrogen-bond acceptors (Lipinski definition) is 4. The molecular weight excluding hydrogens is 130 g/mol. The van der Waals surface area contributed by atoms with Gasteiger partial charge in [-0.25, -0.2) is 0 Å². The SMILES string of the molecule is CN(CCN)c1cn[nH]n1. The van der Waals surface area contributed by atoms with Gasteiger partial charge in [0.2, 0.25) is 0 Å². The maximum absolute atomic E-state index is 5.34. The van der Waals surface area contributed by atoms with Crippen LogP contribution in [0.15, 0.2) is 6.20 Å². The van der Waals surface area contributed by atoms with Gasteiger partial charge in [-0.1, -0.05) is 0 Å². The third-order valence-corrected chi connectivity index (χ3v) is 1.26. The maximum Gasteiger partial charge on any atom is 0.170 e. The number of H-pyrrole nitrogens is 1. The van der Waals surface area contributed by atoms with Crippen molar-refractivity contribution >= 4 is 5.82 Å². The Kier molecular flexibility index (Phi) is 2.22. The quantitative estimate of drug-likeness (QED) is 0.578. The van der Waals surface area contributed by atoms with Crippen LogP contribution in [0.4, 0.5) is 5.82 Å². The van der Waals surface area contributed by atoms with Crippen molar-refractivity contribution in [3.8, 4) is 0 Å². The van der Waals surface area contributed by atoms with E-state index in [1.54, 1.807) is 6.20 Å². The molecule has 10 heavy (non-hydrogen) atoms. The summed E-state index contributed by atoms with van der Waals surface area (Å²) in [6.07, 6.45) is 1.66. The summed E-state index contributed by atoms with van der Waals surface area (Å²) in [4.78, 5) is 1.93. The molecule has 0 saturated carbocycles. The van der Waals surface area contributed by atoms with E-state index in [0.29, 0.717) is 6.54 Å². The monoisotopic (exact) mass is 141 g/mol. The lowest BCUT2D eigenvalue weighted by Crippen LogP contribution is -2.25. The molecule has 0 aliphatic heterocycles. The zero-order chi connectivity index (χ0) is 7.40. The normalized spacial score (nSPS) is 9.80. The Morgan fingerprint density at radius 3 is 3.10 bits per heavy atom. The van der Waals surface area contributed by atoms with E-state index in [-0.39, 0.29) is 0 Å². The number of hydrogen-bond donors (Lipinski definition) is 2. The van der Waals surface area contributed by atoms with Crippen LogP contribution in [0, 0.1) is 0 Å². The number of nitrogens with zero attached hydrogens (tertiary/aromatic N) is 3. The predicted octanol–water partition coefficient (Wildman–Crippen LogP) is -0.800. The molecule has 1 aromatic rings. The van der Waals surface area contributed by atoms with Crippen molar-refractivity contribution in [3.05, 3.63) is 6.20 Å². The molecule has 0 bridgehead atoms. The molecule has 0 radical (unpaired) electrons. The highest BCUT2D eigenvalue weighted by Crippen LogP contribution is 2.01. The van der Waals surface area contributed by atoms with E-state index in [0.717, 1.165) is 12.4 Å². The van der Waals surface area contributed by atoms with Gasteiger partial charge in [-0.2, -0.15) is 10.3 Å².